The highest BCUT2D eigenvalue weighted by Gasteiger charge is 2.16. The van der Waals surface area contributed by atoms with Crippen LogP contribution in [0.4, 0.5) is 8.78 Å². The SMILES string of the molecule is [2H]c1cc(OC)c(C(C)C)c(F)c1F. The molecular formula is C10H12F2O. The molecule has 0 bridgehead atoms. The Kier molecular flexibility index (Phi) is 2.43. The van der Waals surface area contributed by atoms with Gasteiger partial charge in [-0.1, -0.05) is 13.8 Å². The summed E-state index contributed by atoms with van der Waals surface area (Å²) in [5.74, 6) is -2.05. The standard InChI is InChI=1S/C10H12F2O/c1-6(2)9-8(13-3)5-4-7(11)10(9)12/h4-6H,1-3H3/i4D. The fourth-order valence-corrected chi connectivity index (χ4v) is 1.20. The van der Waals surface area contributed by atoms with E-state index in [1.54, 1.807) is 13.8 Å². The lowest BCUT2D eigenvalue weighted by molar-refractivity contribution is 0.394. The molecule has 13 heavy (non-hydrogen) atoms. The first-order valence-electron chi connectivity index (χ1n) is 4.51. The number of methoxy groups -OCH3 is 1. The monoisotopic (exact) mass is 187 g/mol. The molecule has 0 atom stereocenters. The van der Waals surface area contributed by atoms with Gasteiger partial charge in [0.25, 0.3) is 0 Å². The molecular weight excluding hydrogens is 174 g/mol. The van der Waals surface area contributed by atoms with Crippen LogP contribution in [0.15, 0.2) is 12.1 Å². The summed E-state index contributed by atoms with van der Waals surface area (Å²) in [7, 11) is 1.37. The molecule has 0 aliphatic carbocycles. The molecule has 0 amide bonds. The highest BCUT2D eigenvalue weighted by atomic mass is 19.2. The second-order valence-electron chi connectivity index (χ2n) is 3.05. The summed E-state index contributed by atoms with van der Waals surface area (Å²) in [4.78, 5) is 0. The van der Waals surface area contributed by atoms with E-state index < -0.39 is 17.7 Å². The Balaban J connectivity index is 3.45. The maximum absolute atomic E-state index is 13.4. The Morgan fingerprint density at radius 2 is 2.08 bits per heavy atom. The zero-order valence-electron chi connectivity index (χ0n) is 8.82. The number of benzene rings is 1. The zero-order chi connectivity index (χ0) is 10.9. The van der Waals surface area contributed by atoms with Crippen molar-refractivity contribution in [2.45, 2.75) is 19.8 Å². The van der Waals surface area contributed by atoms with Crippen LogP contribution in [0, 0.1) is 11.6 Å². The molecule has 1 aromatic rings. The van der Waals surface area contributed by atoms with Gasteiger partial charge in [-0.05, 0) is 18.0 Å². The van der Waals surface area contributed by atoms with Crippen molar-refractivity contribution in [1.82, 2.24) is 0 Å². The van der Waals surface area contributed by atoms with E-state index in [-0.39, 0.29) is 17.2 Å². The summed E-state index contributed by atoms with van der Waals surface area (Å²) in [5.41, 5.74) is 0.181. The highest BCUT2D eigenvalue weighted by Crippen LogP contribution is 2.30. The molecule has 0 saturated carbocycles. The maximum Gasteiger partial charge on any atom is 0.165 e. The molecule has 0 radical (unpaired) electrons. The van der Waals surface area contributed by atoms with Crippen molar-refractivity contribution in [3.05, 3.63) is 29.3 Å². The van der Waals surface area contributed by atoms with Crippen LogP contribution in [0.5, 0.6) is 5.75 Å². The van der Waals surface area contributed by atoms with E-state index in [0.717, 1.165) is 0 Å². The van der Waals surface area contributed by atoms with Gasteiger partial charge in [-0.2, -0.15) is 0 Å². The molecule has 0 aliphatic heterocycles. The fraction of sp³-hybridized carbons (Fsp3) is 0.400. The fourth-order valence-electron chi connectivity index (χ4n) is 1.20. The number of hydrogen-bond acceptors (Lipinski definition) is 1. The quantitative estimate of drug-likeness (QED) is 0.691. The van der Waals surface area contributed by atoms with Crippen LogP contribution >= 0.6 is 0 Å². The van der Waals surface area contributed by atoms with E-state index in [0.29, 0.717) is 0 Å². The van der Waals surface area contributed by atoms with Crippen molar-refractivity contribution in [2.75, 3.05) is 7.11 Å². The van der Waals surface area contributed by atoms with Crippen molar-refractivity contribution in [2.24, 2.45) is 0 Å². The molecule has 1 aromatic carbocycles. The van der Waals surface area contributed by atoms with Crippen LogP contribution < -0.4 is 4.74 Å². The van der Waals surface area contributed by atoms with Crippen molar-refractivity contribution in [3.63, 3.8) is 0 Å². The third-order valence-electron chi connectivity index (χ3n) is 1.82. The molecule has 0 saturated heterocycles. The third kappa shape index (κ3) is 1.79. The van der Waals surface area contributed by atoms with Gasteiger partial charge in [0.1, 0.15) is 5.75 Å². The third-order valence-corrected chi connectivity index (χ3v) is 1.82. The minimum absolute atomic E-state index is 0.181. The van der Waals surface area contributed by atoms with Gasteiger partial charge in [-0.15, -0.1) is 0 Å². The molecule has 3 heteroatoms. The average molecular weight is 187 g/mol. The molecule has 1 nitrogen and oxygen atoms in total. The van der Waals surface area contributed by atoms with E-state index in [1.807, 2.05) is 0 Å². The number of halogens is 2. The predicted octanol–water partition coefficient (Wildman–Crippen LogP) is 3.10. The van der Waals surface area contributed by atoms with Crippen LogP contribution in [0.1, 0.15) is 26.7 Å². The molecule has 72 valence electrons. The van der Waals surface area contributed by atoms with E-state index >= 15 is 0 Å². The molecule has 0 aromatic heterocycles. The Morgan fingerprint density at radius 3 is 2.54 bits per heavy atom. The van der Waals surface area contributed by atoms with Gasteiger partial charge in [0.2, 0.25) is 0 Å². The van der Waals surface area contributed by atoms with Gasteiger partial charge >= 0.3 is 0 Å². The lowest BCUT2D eigenvalue weighted by Crippen LogP contribution is -2.00. The van der Waals surface area contributed by atoms with E-state index in [9.17, 15) is 8.78 Å². The van der Waals surface area contributed by atoms with Crippen molar-refractivity contribution in [1.29, 1.82) is 0 Å². The first-order chi connectivity index (χ1) is 6.49. The highest BCUT2D eigenvalue weighted by molar-refractivity contribution is 5.37. The summed E-state index contributed by atoms with van der Waals surface area (Å²) in [6.07, 6.45) is 0. The normalized spacial score (nSPS) is 11.7. The van der Waals surface area contributed by atoms with Gasteiger partial charge in [0.15, 0.2) is 11.6 Å². The Morgan fingerprint density at radius 1 is 1.46 bits per heavy atom. The summed E-state index contributed by atoms with van der Waals surface area (Å²) in [6.45, 7) is 3.48. The zero-order valence-corrected chi connectivity index (χ0v) is 7.82. The summed E-state index contributed by atoms with van der Waals surface area (Å²) < 4.78 is 38.5. The van der Waals surface area contributed by atoms with Gasteiger partial charge in [-0.25, -0.2) is 8.78 Å². The molecule has 0 spiro atoms. The van der Waals surface area contributed by atoms with Crippen LogP contribution in [0.2, 0.25) is 0 Å². The minimum atomic E-state index is -1.12. The Bertz CT molecular complexity index is 350. The number of ether oxygens (including phenoxy) is 1. The summed E-state index contributed by atoms with van der Waals surface area (Å²) in [5, 5.41) is 0. The van der Waals surface area contributed by atoms with Crippen molar-refractivity contribution < 1.29 is 14.9 Å². The molecule has 1 rings (SSSR count). The first kappa shape index (κ1) is 8.48. The topological polar surface area (TPSA) is 9.23 Å². The second kappa shape index (κ2) is 3.73. The number of hydrogen-bond donors (Lipinski definition) is 0. The molecule has 0 fully saturated rings. The van der Waals surface area contributed by atoms with E-state index in [1.165, 1.54) is 13.2 Å². The number of rotatable bonds is 2. The molecule has 0 aliphatic rings. The molecule has 0 unspecified atom stereocenters. The Labute approximate surface area is 77.7 Å². The average Bonchev–Trinajstić information content (AvgIpc) is 2.12. The minimum Gasteiger partial charge on any atom is -0.496 e. The molecule has 0 N–H and O–H groups in total. The van der Waals surface area contributed by atoms with Gasteiger partial charge in [-0.3, -0.25) is 0 Å². The maximum atomic E-state index is 13.4. The van der Waals surface area contributed by atoms with Crippen LogP contribution in [-0.4, -0.2) is 7.11 Å². The second-order valence-corrected chi connectivity index (χ2v) is 3.05. The lowest BCUT2D eigenvalue weighted by Gasteiger charge is -2.12. The summed E-state index contributed by atoms with van der Waals surface area (Å²) >= 11 is 0. The van der Waals surface area contributed by atoms with Gasteiger partial charge in [0.05, 0.1) is 8.48 Å². The van der Waals surface area contributed by atoms with Crippen LogP contribution in [0.3, 0.4) is 0 Å². The van der Waals surface area contributed by atoms with Crippen LogP contribution in [-0.2, 0) is 0 Å². The van der Waals surface area contributed by atoms with E-state index in [4.69, 9.17) is 6.11 Å². The van der Waals surface area contributed by atoms with Gasteiger partial charge < -0.3 is 4.74 Å². The lowest BCUT2D eigenvalue weighted by atomic mass is 10.0. The predicted molar refractivity (Wildman–Crippen MR) is 47.0 cm³/mol. The first-order valence-corrected chi connectivity index (χ1v) is 4.01. The largest absolute Gasteiger partial charge is 0.496 e. The smallest absolute Gasteiger partial charge is 0.165 e. The Hall–Kier alpha value is -1.12. The van der Waals surface area contributed by atoms with Crippen LogP contribution in [0.25, 0.3) is 0 Å². The van der Waals surface area contributed by atoms with Crippen molar-refractivity contribution >= 4 is 0 Å². The van der Waals surface area contributed by atoms with E-state index in [2.05, 4.69) is 0 Å². The molecule has 0 heterocycles. The summed E-state index contributed by atoms with van der Waals surface area (Å²) in [6, 6.07) is 0.706. The van der Waals surface area contributed by atoms with Crippen molar-refractivity contribution in [3.8, 4) is 5.75 Å². The van der Waals surface area contributed by atoms with Gasteiger partial charge in [0, 0.05) is 5.56 Å².